The highest BCUT2D eigenvalue weighted by Crippen LogP contribution is 2.30. The molecule has 2 N–H and O–H groups in total. The molecule has 0 saturated carbocycles. The zero-order valence-corrected chi connectivity index (χ0v) is 14.5. The van der Waals surface area contributed by atoms with Crippen LogP contribution in [0.15, 0.2) is 17.0 Å². The number of rotatable bonds is 7. The molecule has 0 aliphatic carbocycles. The first-order valence-electron chi connectivity index (χ1n) is 6.73. The number of aliphatic carboxylic acids is 1. The van der Waals surface area contributed by atoms with Crippen LogP contribution in [0.3, 0.4) is 0 Å². The number of halogens is 1. The van der Waals surface area contributed by atoms with Gasteiger partial charge in [-0.25, -0.2) is 8.42 Å². The predicted octanol–water partition coefficient (Wildman–Crippen LogP) is 2.43. The van der Waals surface area contributed by atoms with E-state index in [1.165, 1.54) is 19.2 Å². The van der Waals surface area contributed by atoms with E-state index in [1.54, 1.807) is 20.8 Å². The molecule has 0 radical (unpaired) electrons. The molecule has 0 amide bonds. The van der Waals surface area contributed by atoms with Crippen LogP contribution in [0.2, 0.25) is 5.02 Å². The van der Waals surface area contributed by atoms with Gasteiger partial charge in [0.15, 0.2) is 0 Å². The molecule has 1 aromatic rings. The van der Waals surface area contributed by atoms with E-state index in [-0.39, 0.29) is 15.8 Å². The monoisotopic (exact) mass is 349 g/mol. The fourth-order valence-corrected chi connectivity index (χ4v) is 3.81. The molecule has 8 heteroatoms. The average Bonchev–Trinajstić information content (AvgIpc) is 2.45. The third-order valence-electron chi connectivity index (χ3n) is 3.50. The number of hydrogen-bond donors (Lipinski definition) is 2. The van der Waals surface area contributed by atoms with Crippen molar-refractivity contribution in [2.75, 3.05) is 7.11 Å². The number of carboxylic acids is 1. The second-order valence-corrected chi connectivity index (χ2v) is 7.16. The zero-order valence-electron chi connectivity index (χ0n) is 12.9. The first-order valence-corrected chi connectivity index (χ1v) is 8.59. The molecule has 0 bridgehead atoms. The molecular weight excluding hydrogens is 330 g/mol. The van der Waals surface area contributed by atoms with Crippen molar-refractivity contribution in [3.05, 3.63) is 22.7 Å². The Morgan fingerprint density at radius 3 is 2.50 bits per heavy atom. The topological polar surface area (TPSA) is 92.7 Å². The van der Waals surface area contributed by atoms with Gasteiger partial charge in [0.1, 0.15) is 11.8 Å². The fourth-order valence-electron chi connectivity index (χ4n) is 1.96. The van der Waals surface area contributed by atoms with Crippen LogP contribution >= 0.6 is 11.6 Å². The van der Waals surface area contributed by atoms with Crippen molar-refractivity contribution in [3.8, 4) is 5.75 Å². The Morgan fingerprint density at radius 1 is 1.45 bits per heavy atom. The van der Waals surface area contributed by atoms with Crippen LogP contribution < -0.4 is 9.46 Å². The summed E-state index contributed by atoms with van der Waals surface area (Å²) in [7, 11) is -2.58. The number of benzene rings is 1. The third-order valence-corrected chi connectivity index (χ3v) is 5.38. The van der Waals surface area contributed by atoms with Gasteiger partial charge in [-0.1, -0.05) is 31.9 Å². The van der Waals surface area contributed by atoms with Crippen molar-refractivity contribution in [2.24, 2.45) is 5.92 Å². The smallest absolute Gasteiger partial charge is 0.322 e. The van der Waals surface area contributed by atoms with Gasteiger partial charge in [-0.15, -0.1) is 0 Å². The van der Waals surface area contributed by atoms with E-state index >= 15 is 0 Å². The SMILES string of the molecule is CC[C@H](C)[C@H](NS(=O)(=O)c1cc(Cl)c(OC)cc1C)C(=O)O. The molecule has 124 valence electrons. The first-order chi connectivity index (χ1) is 10.1. The summed E-state index contributed by atoms with van der Waals surface area (Å²) in [4.78, 5) is 11.2. The number of nitrogens with one attached hydrogen (secondary N) is 1. The van der Waals surface area contributed by atoms with Crippen LogP contribution in [0.4, 0.5) is 0 Å². The van der Waals surface area contributed by atoms with E-state index in [2.05, 4.69) is 4.72 Å². The molecule has 0 saturated heterocycles. The molecule has 0 spiro atoms. The first kappa shape index (κ1) is 18.7. The van der Waals surface area contributed by atoms with Crippen LogP contribution in [0.1, 0.15) is 25.8 Å². The number of carbonyl (C=O) groups is 1. The average molecular weight is 350 g/mol. The fraction of sp³-hybridized carbons (Fsp3) is 0.500. The van der Waals surface area contributed by atoms with Crippen LogP contribution in [-0.2, 0) is 14.8 Å². The maximum Gasteiger partial charge on any atom is 0.322 e. The summed E-state index contributed by atoms with van der Waals surface area (Å²) in [5, 5.41) is 9.36. The van der Waals surface area contributed by atoms with Gasteiger partial charge in [0.05, 0.1) is 17.0 Å². The largest absolute Gasteiger partial charge is 0.495 e. The highest BCUT2D eigenvalue weighted by atomic mass is 35.5. The summed E-state index contributed by atoms with van der Waals surface area (Å²) >= 11 is 5.96. The lowest BCUT2D eigenvalue weighted by Gasteiger charge is -2.21. The minimum Gasteiger partial charge on any atom is -0.495 e. The number of aryl methyl sites for hydroxylation is 1. The summed E-state index contributed by atoms with van der Waals surface area (Å²) in [5.41, 5.74) is 0.419. The highest BCUT2D eigenvalue weighted by Gasteiger charge is 2.30. The quantitative estimate of drug-likeness (QED) is 0.788. The highest BCUT2D eigenvalue weighted by molar-refractivity contribution is 7.89. The summed E-state index contributed by atoms with van der Waals surface area (Å²) in [6, 6.07) is 1.55. The number of ether oxygens (including phenoxy) is 1. The Bertz CT molecular complexity index is 659. The maximum absolute atomic E-state index is 12.5. The Morgan fingerprint density at radius 2 is 2.05 bits per heavy atom. The Kier molecular flexibility index (Phi) is 6.22. The number of sulfonamides is 1. The summed E-state index contributed by atoms with van der Waals surface area (Å²) < 4.78 is 32.2. The lowest BCUT2D eigenvalue weighted by Crippen LogP contribution is -2.45. The molecular formula is C14H20ClNO5S. The molecule has 0 aliphatic heterocycles. The summed E-state index contributed by atoms with van der Waals surface area (Å²) in [6.45, 7) is 5.06. The van der Waals surface area contributed by atoms with Gasteiger partial charge in [0.25, 0.3) is 0 Å². The number of carboxylic acid groups (broad SMARTS) is 1. The molecule has 0 aliphatic rings. The molecule has 0 fully saturated rings. The second kappa shape index (κ2) is 7.30. The molecule has 0 unspecified atom stereocenters. The number of methoxy groups -OCH3 is 1. The third kappa shape index (κ3) is 4.12. The minimum absolute atomic E-state index is 0.0622. The van der Waals surface area contributed by atoms with Crippen molar-refractivity contribution < 1.29 is 23.1 Å². The van der Waals surface area contributed by atoms with Crippen molar-refractivity contribution in [2.45, 2.75) is 38.1 Å². The van der Waals surface area contributed by atoms with Gasteiger partial charge < -0.3 is 9.84 Å². The zero-order chi connectivity index (χ0) is 17.1. The van der Waals surface area contributed by atoms with Gasteiger partial charge in [0, 0.05) is 0 Å². The molecule has 1 rings (SSSR count). The predicted molar refractivity (Wildman–Crippen MR) is 83.9 cm³/mol. The van der Waals surface area contributed by atoms with Crippen molar-refractivity contribution in [3.63, 3.8) is 0 Å². The van der Waals surface area contributed by atoms with Gasteiger partial charge in [-0.05, 0) is 30.5 Å². The van der Waals surface area contributed by atoms with Crippen molar-refractivity contribution in [1.29, 1.82) is 0 Å². The molecule has 2 atom stereocenters. The van der Waals surface area contributed by atoms with Crippen LogP contribution in [-0.4, -0.2) is 32.6 Å². The van der Waals surface area contributed by atoms with E-state index in [1.807, 2.05) is 0 Å². The van der Waals surface area contributed by atoms with E-state index in [0.29, 0.717) is 17.7 Å². The van der Waals surface area contributed by atoms with Gasteiger partial charge in [-0.3, -0.25) is 4.79 Å². The molecule has 22 heavy (non-hydrogen) atoms. The molecule has 0 aromatic heterocycles. The van der Waals surface area contributed by atoms with Gasteiger partial charge in [0.2, 0.25) is 10.0 Å². The maximum atomic E-state index is 12.5. The van der Waals surface area contributed by atoms with Crippen LogP contribution in [0, 0.1) is 12.8 Å². The number of hydrogen-bond acceptors (Lipinski definition) is 4. The van der Waals surface area contributed by atoms with E-state index < -0.39 is 22.0 Å². The molecule has 1 aromatic carbocycles. The molecule has 0 heterocycles. The van der Waals surface area contributed by atoms with E-state index in [9.17, 15) is 18.3 Å². The lowest BCUT2D eigenvalue weighted by atomic mass is 10.0. The van der Waals surface area contributed by atoms with Crippen LogP contribution in [0.5, 0.6) is 5.75 Å². The Balaban J connectivity index is 3.24. The minimum atomic E-state index is -4.01. The Hall–Kier alpha value is -1.31. The Labute approximate surface area is 135 Å². The van der Waals surface area contributed by atoms with Crippen molar-refractivity contribution >= 4 is 27.6 Å². The second-order valence-electron chi connectivity index (χ2n) is 5.07. The van der Waals surface area contributed by atoms with Crippen LogP contribution in [0.25, 0.3) is 0 Å². The van der Waals surface area contributed by atoms with E-state index in [4.69, 9.17) is 16.3 Å². The lowest BCUT2D eigenvalue weighted by molar-refractivity contribution is -0.140. The van der Waals surface area contributed by atoms with Gasteiger partial charge >= 0.3 is 5.97 Å². The van der Waals surface area contributed by atoms with Crippen molar-refractivity contribution in [1.82, 2.24) is 4.72 Å². The molecule has 6 nitrogen and oxygen atoms in total. The van der Waals surface area contributed by atoms with Gasteiger partial charge in [-0.2, -0.15) is 4.72 Å². The van der Waals surface area contributed by atoms with E-state index in [0.717, 1.165) is 0 Å². The summed E-state index contributed by atoms with van der Waals surface area (Å²) in [6.07, 6.45) is 0.530. The standard InChI is InChI=1S/C14H20ClNO5S/c1-5-8(2)13(14(17)18)16-22(19,20)12-7-10(15)11(21-4)6-9(12)3/h6-8,13,16H,5H2,1-4H3,(H,17,18)/t8-,13-/m0/s1. The summed E-state index contributed by atoms with van der Waals surface area (Å²) in [5.74, 6) is -1.20. The normalized spacial score (nSPS) is 14.4.